The van der Waals surface area contributed by atoms with Gasteiger partial charge >= 0.3 is 0 Å². The van der Waals surface area contributed by atoms with Crippen LogP contribution in [0, 0.1) is 17.9 Å². The summed E-state index contributed by atoms with van der Waals surface area (Å²) in [4.78, 5) is 3.45. The van der Waals surface area contributed by atoms with Crippen molar-refractivity contribution in [1.82, 2.24) is 0 Å². The van der Waals surface area contributed by atoms with Crippen molar-refractivity contribution in [3.63, 3.8) is 0 Å². The molecule has 0 N–H and O–H groups in total. The van der Waals surface area contributed by atoms with Crippen LogP contribution < -0.4 is 4.74 Å². The number of nitrogens with zero attached hydrogens (tertiary/aromatic N) is 2. The predicted molar refractivity (Wildman–Crippen MR) is 79.3 cm³/mol. The Bertz CT molecular complexity index is 716. The Labute approximate surface area is 118 Å². The molecule has 0 aliphatic heterocycles. The highest BCUT2D eigenvalue weighted by molar-refractivity contribution is 5.77. The van der Waals surface area contributed by atoms with Crippen LogP contribution in [0.4, 0.5) is 5.69 Å². The van der Waals surface area contributed by atoms with Gasteiger partial charge in [0.05, 0.1) is 19.8 Å². The molecule has 0 atom stereocenters. The van der Waals surface area contributed by atoms with Crippen LogP contribution in [-0.2, 0) is 0 Å². The lowest BCUT2D eigenvalue weighted by Gasteiger charge is -2.00. The van der Waals surface area contributed by atoms with Crippen molar-refractivity contribution >= 4 is 17.8 Å². The van der Waals surface area contributed by atoms with E-state index in [2.05, 4.69) is 4.85 Å². The van der Waals surface area contributed by atoms with Gasteiger partial charge in [-0.05, 0) is 35.4 Å². The summed E-state index contributed by atoms with van der Waals surface area (Å²) >= 11 is 0. The molecule has 2 aromatic rings. The summed E-state index contributed by atoms with van der Waals surface area (Å²) in [5.74, 6) is 0.808. The molecule has 0 amide bonds. The van der Waals surface area contributed by atoms with Crippen LogP contribution in [0.3, 0.4) is 0 Å². The summed E-state index contributed by atoms with van der Waals surface area (Å²) in [6, 6.07) is 14.8. The molecule has 2 aromatic carbocycles. The van der Waals surface area contributed by atoms with Gasteiger partial charge < -0.3 is 4.74 Å². The van der Waals surface area contributed by atoms with E-state index in [1.165, 1.54) is 0 Å². The zero-order valence-corrected chi connectivity index (χ0v) is 11.0. The molecule has 0 spiro atoms. The molecule has 3 nitrogen and oxygen atoms in total. The Kier molecular flexibility index (Phi) is 4.17. The van der Waals surface area contributed by atoms with Crippen LogP contribution in [0.5, 0.6) is 5.75 Å². The smallest absolute Gasteiger partial charge is 0.195 e. The lowest BCUT2D eigenvalue weighted by atomic mass is 10.1. The minimum Gasteiger partial charge on any atom is -0.497 e. The largest absolute Gasteiger partial charge is 0.497 e. The maximum Gasteiger partial charge on any atom is 0.195 e. The van der Waals surface area contributed by atoms with Crippen LogP contribution in [0.15, 0.2) is 42.5 Å². The third-order valence-corrected chi connectivity index (χ3v) is 2.85. The van der Waals surface area contributed by atoms with E-state index in [1.54, 1.807) is 25.3 Å². The summed E-state index contributed by atoms with van der Waals surface area (Å²) < 4.78 is 5.10. The summed E-state index contributed by atoms with van der Waals surface area (Å²) in [5.41, 5.74) is 2.80. The average Bonchev–Trinajstić information content (AvgIpc) is 2.53. The van der Waals surface area contributed by atoms with Crippen molar-refractivity contribution in [3.8, 4) is 11.8 Å². The summed E-state index contributed by atoms with van der Waals surface area (Å²) in [6.45, 7) is 7.16. The summed E-state index contributed by atoms with van der Waals surface area (Å²) in [7, 11) is 1.63. The highest BCUT2D eigenvalue weighted by Gasteiger charge is 2.00. The topological polar surface area (TPSA) is 37.4 Å². The van der Waals surface area contributed by atoms with E-state index in [4.69, 9.17) is 16.6 Å². The van der Waals surface area contributed by atoms with Crippen LogP contribution >= 0.6 is 0 Å². The fraction of sp³-hybridized carbons (Fsp3) is 0.0588. The molecule has 0 unspecified atom stereocenters. The molecule has 0 aromatic heterocycles. The lowest BCUT2D eigenvalue weighted by Crippen LogP contribution is -1.81. The first-order chi connectivity index (χ1) is 9.76. The van der Waals surface area contributed by atoms with Crippen LogP contribution in [0.2, 0.25) is 0 Å². The van der Waals surface area contributed by atoms with Gasteiger partial charge in [0.25, 0.3) is 0 Å². The molecule has 3 heteroatoms. The van der Waals surface area contributed by atoms with Crippen molar-refractivity contribution in [2.24, 2.45) is 0 Å². The van der Waals surface area contributed by atoms with Crippen molar-refractivity contribution in [2.75, 3.05) is 7.11 Å². The van der Waals surface area contributed by atoms with Crippen molar-refractivity contribution in [1.29, 1.82) is 5.26 Å². The third kappa shape index (κ3) is 3.04. The fourth-order valence-electron chi connectivity index (χ4n) is 1.75. The maximum atomic E-state index is 8.82. The maximum absolute atomic E-state index is 8.82. The number of ether oxygens (including phenoxy) is 1. The summed E-state index contributed by atoms with van der Waals surface area (Å²) in [5, 5.41) is 8.82. The second-order valence-electron chi connectivity index (χ2n) is 4.10. The lowest BCUT2D eigenvalue weighted by molar-refractivity contribution is 0.415. The zero-order valence-electron chi connectivity index (χ0n) is 11.0. The quantitative estimate of drug-likeness (QED) is 0.610. The fourth-order valence-corrected chi connectivity index (χ4v) is 1.75. The molecule has 20 heavy (non-hydrogen) atoms. The molecular formula is C17H12N2O. The second-order valence-corrected chi connectivity index (χ2v) is 4.10. The molecule has 0 heterocycles. The molecule has 0 saturated carbocycles. The Hall–Kier alpha value is -3.04. The van der Waals surface area contributed by atoms with Crippen molar-refractivity contribution in [2.45, 2.75) is 0 Å². The Balaban J connectivity index is 2.27. The highest BCUT2D eigenvalue weighted by atomic mass is 16.5. The van der Waals surface area contributed by atoms with Gasteiger partial charge in [-0.15, -0.1) is 0 Å². The molecule has 96 valence electrons. The van der Waals surface area contributed by atoms with Gasteiger partial charge in [0.1, 0.15) is 5.75 Å². The molecular weight excluding hydrogens is 248 g/mol. The normalized spacial score (nSPS) is 9.95. The predicted octanol–water partition coefficient (Wildman–Crippen LogP) is 4.29. The minimum atomic E-state index is 0.480. The van der Waals surface area contributed by atoms with Crippen LogP contribution in [-0.4, -0.2) is 7.11 Å². The Morgan fingerprint density at radius 3 is 2.50 bits per heavy atom. The first-order valence-corrected chi connectivity index (χ1v) is 6.00. The van der Waals surface area contributed by atoms with Crippen LogP contribution in [0.1, 0.15) is 16.7 Å². The van der Waals surface area contributed by atoms with Gasteiger partial charge in [0.15, 0.2) is 5.69 Å². The molecule has 0 aliphatic rings. The van der Waals surface area contributed by atoms with E-state index in [9.17, 15) is 0 Å². The summed E-state index contributed by atoms with van der Waals surface area (Å²) in [6.07, 6.45) is 3.80. The van der Waals surface area contributed by atoms with Gasteiger partial charge in [0, 0.05) is 5.56 Å². The van der Waals surface area contributed by atoms with E-state index < -0.39 is 0 Å². The van der Waals surface area contributed by atoms with Gasteiger partial charge in [-0.1, -0.05) is 30.4 Å². The Morgan fingerprint density at radius 2 is 1.90 bits per heavy atom. The van der Waals surface area contributed by atoms with E-state index in [1.807, 2.05) is 42.5 Å². The SMILES string of the molecule is [C-]#[N+]c1cc(C#N)ccc1/C=C/c1ccc(OC)cc1. The minimum absolute atomic E-state index is 0.480. The number of rotatable bonds is 3. The van der Waals surface area contributed by atoms with E-state index in [-0.39, 0.29) is 0 Å². The number of methoxy groups -OCH3 is 1. The molecule has 0 radical (unpaired) electrons. The molecule has 0 aliphatic carbocycles. The third-order valence-electron chi connectivity index (χ3n) is 2.85. The first-order valence-electron chi connectivity index (χ1n) is 6.00. The van der Waals surface area contributed by atoms with E-state index in [0.717, 1.165) is 16.9 Å². The van der Waals surface area contributed by atoms with E-state index in [0.29, 0.717) is 11.3 Å². The first kappa shape index (κ1) is 13.4. The van der Waals surface area contributed by atoms with Gasteiger partial charge in [-0.25, -0.2) is 4.85 Å². The van der Waals surface area contributed by atoms with Crippen LogP contribution in [0.25, 0.3) is 17.0 Å². The number of hydrogen-bond acceptors (Lipinski definition) is 2. The number of hydrogen-bond donors (Lipinski definition) is 0. The average molecular weight is 260 g/mol. The Morgan fingerprint density at radius 1 is 1.15 bits per heavy atom. The second kappa shape index (κ2) is 6.22. The molecule has 0 bridgehead atoms. The number of nitriles is 1. The van der Waals surface area contributed by atoms with Crippen molar-refractivity contribution < 1.29 is 4.74 Å². The zero-order chi connectivity index (χ0) is 14.4. The van der Waals surface area contributed by atoms with Crippen molar-refractivity contribution in [3.05, 3.63) is 70.6 Å². The molecule has 0 saturated heterocycles. The monoisotopic (exact) mass is 260 g/mol. The van der Waals surface area contributed by atoms with Gasteiger partial charge in [0.2, 0.25) is 0 Å². The highest BCUT2D eigenvalue weighted by Crippen LogP contribution is 2.23. The number of benzene rings is 2. The molecule has 2 rings (SSSR count). The van der Waals surface area contributed by atoms with Gasteiger partial charge in [-0.3, -0.25) is 0 Å². The van der Waals surface area contributed by atoms with E-state index >= 15 is 0 Å². The standard InChI is InChI=1S/C17H12N2O/c1-19-17-11-14(12-18)4-8-15(17)7-3-13-5-9-16(20-2)10-6-13/h3-11H,2H3/b7-3+. The van der Waals surface area contributed by atoms with Gasteiger partial charge in [-0.2, -0.15) is 5.26 Å². The molecule has 0 fully saturated rings.